The highest BCUT2D eigenvalue weighted by Crippen LogP contribution is 2.03. The van der Waals surface area contributed by atoms with Gasteiger partial charge in [-0.25, -0.2) is 4.39 Å². The minimum atomic E-state index is -0.223. The largest absolute Gasteiger partial charge is 0.364 e. The normalized spacial score (nSPS) is 9.29. The Hall–Kier alpha value is -1.33. The average Bonchev–Trinajstić information content (AvgIpc) is 2.21. The van der Waals surface area contributed by atoms with Crippen LogP contribution in [0.25, 0.3) is 0 Å². The zero-order chi connectivity index (χ0) is 10.2. The van der Waals surface area contributed by atoms with Crippen molar-refractivity contribution in [1.29, 1.82) is 0 Å². The molecule has 0 unspecified atom stereocenters. The van der Waals surface area contributed by atoms with Crippen molar-refractivity contribution in [3.8, 4) is 11.8 Å². The van der Waals surface area contributed by atoms with E-state index in [2.05, 4.69) is 11.8 Å². The molecule has 1 aromatic rings. The molecule has 0 N–H and O–H groups in total. The van der Waals surface area contributed by atoms with Crippen molar-refractivity contribution in [2.24, 2.45) is 0 Å². The van der Waals surface area contributed by atoms with Crippen LogP contribution in [-0.2, 0) is 11.3 Å². The van der Waals surface area contributed by atoms with Crippen LogP contribution < -0.4 is 0 Å². The fourth-order valence-electron chi connectivity index (χ4n) is 0.977. The first-order valence-electron chi connectivity index (χ1n) is 4.61. The minimum absolute atomic E-state index is 0.223. The molecule has 0 amide bonds. The van der Waals surface area contributed by atoms with Gasteiger partial charge in [0, 0.05) is 6.42 Å². The summed E-state index contributed by atoms with van der Waals surface area (Å²) in [5.74, 6) is 5.56. The Balaban J connectivity index is 2.28. The highest BCUT2D eigenvalue weighted by atomic mass is 19.1. The molecule has 0 radical (unpaired) electrons. The second-order valence-electron chi connectivity index (χ2n) is 2.83. The Kier molecular flexibility index (Phi) is 4.74. The quantitative estimate of drug-likeness (QED) is 0.528. The molecular weight excluding hydrogens is 179 g/mol. The number of rotatable bonds is 3. The number of ether oxygens (including phenoxy) is 1. The Labute approximate surface area is 83.9 Å². The Morgan fingerprint density at radius 1 is 1.21 bits per heavy atom. The summed E-state index contributed by atoms with van der Waals surface area (Å²) in [5, 5.41) is 0. The van der Waals surface area contributed by atoms with Gasteiger partial charge in [0.1, 0.15) is 12.4 Å². The molecule has 14 heavy (non-hydrogen) atoms. The molecule has 1 nitrogen and oxygen atoms in total. The molecule has 0 saturated heterocycles. The highest BCUT2D eigenvalue weighted by Gasteiger charge is 1.92. The van der Waals surface area contributed by atoms with Crippen LogP contribution >= 0.6 is 0 Å². The van der Waals surface area contributed by atoms with E-state index >= 15 is 0 Å². The van der Waals surface area contributed by atoms with Crippen molar-refractivity contribution >= 4 is 0 Å². The topological polar surface area (TPSA) is 9.23 Å². The fourth-order valence-corrected chi connectivity index (χ4v) is 0.977. The molecule has 0 atom stereocenters. The maximum atomic E-state index is 12.5. The van der Waals surface area contributed by atoms with Gasteiger partial charge in [-0.1, -0.05) is 25.0 Å². The zero-order valence-corrected chi connectivity index (χ0v) is 8.22. The molecule has 0 heterocycles. The highest BCUT2D eigenvalue weighted by molar-refractivity contribution is 5.15. The van der Waals surface area contributed by atoms with Gasteiger partial charge in [0.25, 0.3) is 0 Å². The molecule has 0 bridgehead atoms. The van der Waals surface area contributed by atoms with E-state index < -0.39 is 0 Å². The summed E-state index contributed by atoms with van der Waals surface area (Å²) >= 11 is 0. The predicted molar refractivity (Wildman–Crippen MR) is 54.1 cm³/mol. The lowest BCUT2D eigenvalue weighted by molar-refractivity contribution is 0.153. The van der Waals surface area contributed by atoms with Crippen molar-refractivity contribution < 1.29 is 9.13 Å². The van der Waals surface area contributed by atoms with E-state index in [-0.39, 0.29) is 5.82 Å². The van der Waals surface area contributed by atoms with Crippen LogP contribution in [0.3, 0.4) is 0 Å². The summed E-state index contributed by atoms with van der Waals surface area (Å²) in [6, 6.07) is 6.28. The van der Waals surface area contributed by atoms with E-state index in [1.807, 2.05) is 6.92 Å². The lowest BCUT2D eigenvalue weighted by Crippen LogP contribution is -1.93. The monoisotopic (exact) mass is 192 g/mol. The maximum absolute atomic E-state index is 12.5. The van der Waals surface area contributed by atoms with E-state index in [1.54, 1.807) is 12.1 Å². The second kappa shape index (κ2) is 6.17. The summed E-state index contributed by atoms with van der Waals surface area (Å²) in [6.45, 7) is 2.91. The maximum Gasteiger partial charge on any atom is 0.123 e. The summed E-state index contributed by atoms with van der Waals surface area (Å²) in [7, 11) is 0. The molecule has 0 aliphatic rings. The van der Waals surface area contributed by atoms with Crippen LogP contribution in [0.2, 0.25) is 0 Å². The molecule has 0 aliphatic carbocycles. The van der Waals surface area contributed by atoms with Gasteiger partial charge in [-0.3, -0.25) is 0 Å². The van der Waals surface area contributed by atoms with E-state index in [4.69, 9.17) is 4.74 Å². The third kappa shape index (κ3) is 4.06. The first-order chi connectivity index (χ1) is 6.83. The lowest BCUT2D eigenvalue weighted by Gasteiger charge is -1.99. The van der Waals surface area contributed by atoms with E-state index in [0.717, 1.165) is 12.0 Å². The van der Waals surface area contributed by atoms with Gasteiger partial charge in [-0.15, -0.1) is 5.92 Å². The smallest absolute Gasteiger partial charge is 0.123 e. The minimum Gasteiger partial charge on any atom is -0.364 e. The van der Waals surface area contributed by atoms with Crippen molar-refractivity contribution in [2.75, 3.05) is 6.61 Å². The number of benzene rings is 1. The van der Waals surface area contributed by atoms with E-state index in [9.17, 15) is 4.39 Å². The van der Waals surface area contributed by atoms with E-state index in [1.165, 1.54) is 12.1 Å². The SMILES string of the molecule is CCC#CCOCc1ccc(F)cc1. The van der Waals surface area contributed by atoms with Gasteiger partial charge in [-0.2, -0.15) is 0 Å². The van der Waals surface area contributed by atoms with Gasteiger partial charge in [0.15, 0.2) is 0 Å². The molecule has 1 aromatic carbocycles. The molecule has 0 fully saturated rings. The number of hydrogen-bond acceptors (Lipinski definition) is 1. The Morgan fingerprint density at radius 3 is 2.57 bits per heavy atom. The van der Waals surface area contributed by atoms with Crippen LogP contribution in [0, 0.1) is 17.7 Å². The summed E-state index contributed by atoms with van der Waals surface area (Å²) < 4.78 is 17.8. The van der Waals surface area contributed by atoms with Crippen molar-refractivity contribution in [3.05, 3.63) is 35.6 Å². The van der Waals surface area contributed by atoms with Crippen molar-refractivity contribution in [1.82, 2.24) is 0 Å². The molecule has 0 aliphatic heterocycles. The molecule has 2 heteroatoms. The summed E-state index contributed by atoms with van der Waals surface area (Å²) in [5.41, 5.74) is 0.963. The van der Waals surface area contributed by atoms with Crippen molar-refractivity contribution in [3.63, 3.8) is 0 Å². The van der Waals surface area contributed by atoms with E-state index in [0.29, 0.717) is 13.2 Å². The Morgan fingerprint density at radius 2 is 1.93 bits per heavy atom. The van der Waals surface area contributed by atoms with Crippen LogP contribution in [0.1, 0.15) is 18.9 Å². The number of halogens is 1. The molecule has 0 saturated carbocycles. The van der Waals surface area contributed by atoms with Gasteiger partial charge in [-0.05, 0) is 17.7 Å². The molecule has 1 rings (SSSR count). The predicted octanol–water partition coefficient (Wildman–Crippen LogP) is 2.76. The van der Waals surface area contributed by atoms with Crippen LogP contribution in [-0.4, -0.2) is 6.61 Å². The second-order valence-corrected chi connectivity index (χ2v) is 2.83. The van der Waals surface area contributed by atoms with Gasteiger partial charge < -0.3 is 4.74 Å². The molecule has 0 spiro atoms. The van der Waals surface area contributed by atoms with Gasteiger partial charge >= 0.3 is 0 Å². The van der Waals surface area contributed by atoms with Crippen molar-refractivity contribution in [2.45, 2.75) is 20.0 Å². The van der Waals surface area contributed by atoms with Crippen LogP contribution in [0.5, 0.6) is 0 Å². The third-order valence-corrected chi connectivity index (χ3v) is 1.66. The Bertz CT molecular complexity index is 318. The lowest BCUT2D eigenvalue weighted by atomic mass is 10.2. The van der Waals surface area contributed by atoms with Crippen LogP contribution in [0.4, 0.5) is 4.39 Å². The first kappa shape index (κ1) is 10.7. The number of hydrogen-bond donors (Lipinski definition) is 0. The summed E-state index contributed by atoms with van der Waals surface area (Å²) in [6.07, 6.45) is 0.847. The standard InChI is InChI=1S/C12H13FO/c1-2-3-4-9-14-10-11-5-7-12(13)8-6-11/h5-8H,2,9-10H2,1H3. The molecular formula is C12H13FO. The van der Waals surface area contributed by atoms with Gasteiger partial charge in [0.05, 0.1) is 6.61 Å². The zero-order valence-electron chi connectivity index (χ0n) is 8.22. The third-order valence-electron chi connectivity index (χ3n) is 1.66. The van der Waals surface area contributed by atoms with Gasteiger partial charge in [0.2, 0.25) is 0 Å². The average molecular weight is 192 g/mol. The first-order valence-corrected chi connectivity index (χ1v) is 4.61. The molecule has 0 aromatic heterocycles. The fraction of sp³-hybridized carbons (Fsp3) is 0.333. The molecule has 74 valence electrons. The van der Waals surface area contributed by atoms with Crippen LogP contribution in [0.15, 0.2) is 24.3 Å². The summed E-state index contributed by atoms with van der Waals surface area (Å²) in [4.78, 5) is 0.